The minimum Gasteiger partial charge on any atom is -0.493 e. The molecule has 0 radical (unpaired) electrons. The minimum atomic E-state index is -0.0113. The first-order chi connectivity index (χ1) is 16.7. The number of carbonyl (C=O) groups is 1. The van der Waals surface area contributed by atoms with Gasteiger partial charge in [-0.15, -0.1) is 0 Å². The van der Waals surface area contributed by atoms with Gasteiger partial charge >= 0.3 is 0 Å². The first-order valence-corrected chi connectivity index (χ1v) is 12.2. The SMILES string of the molecule is COc1ccc(C2=NN(N3CCN(Cc4cccnc4)CC3)C(=O)C3CCCCC23)cc1OC. The van der Waals surface area contributed by atoms with E-state index < -0.39 is 0 Å². The number of fused-ring (bicyclic) bond motifs is 1. The molecule has 3 aliphatic rings. The van der Waals surface area contributed by atoms with Crippen LogP contribution in [0.15, 0.2) is 47.8 Å². The van der Waals surface area contributed by atoms with Gasteiger partial charge in [0.25, 0.3) is 5.91 Å². The third kappa shape index (κ3) is 4.52. The van der Waals surface area contributed by atoms with E-state index in [2.05, 4.69) is 21.0 Å². The smallest absolute Gasteiger partial charge is 0.261 e. The second-order valence-electron chi connectivity index (χ2n) is 9.27. The van der Waals surface area contributed by atoms with E-state index in [0.29, 0.717) is 11.5 Å². The molecular formula is C26H33N5O3. The molecule has 2 fully saturated rings. The third-order valence-electron chi connectivity index (χ3n) is 7.26. The molecule has 34 heavy (non-hydrogen) atoms. The standard InChI is InChI=1S/C26H33N5O3/c1-33-23-10-9-20(16-24(23)34-2)25-21-7-3-4-8-22(21)26(32)31(28-25)30-14-12-29(13-15-30)18-19-6-5-11-27-17-19/h5-6,9-11,16-17,21-22H,3-4,7-8,12-15,18H2,1-2H3. The number of pyridine rings is 1. The van der Waals surface area contributed by atoms with Gasteiger partial charge in [0, 0.05) is 62.5 Å². The molecule has 2 aromatic rings. The largest absolute Gasteiger partial charge is 0.493 e. The van der Waals surface area contributed by atoms with Crippen molar-refractivity contribution >= 4 is 11.6 Å². The Kier molecular flexibility index (Phi) is 6.78. The lowest BCUT2D eigenvalue weighted by Crippen LogP contribution is -2.58. The van der Waals surface area contributed by atoms with Crippen molar-refractivity contribution in [2.75, 3.05) is 40.4 Å². The molecule has 8 nitrogen and oxygen atoms in total. The van der Waals surface area contributed by atoms with Crippen LogP contribution in [0.25, 0.3) is 0 Å². The Bertz CT molecular complexity index is 1040. The first kappa shape index (κ1) is 22.8. The monoisotopic (exact) mass is 463 g/mol. The number of nitrogens with zero attached hydrogens (tertiary/aromatic N) is 5. The van der Waals surface area contributed by atoms with Crippen LogP contribution in [-0.2, 0) is 11.3 Å². The molecule has 2 atom stereocenters. The maximum atomic E-state index is 13.5. The average Bonchev–Trinajstić information content (AvgIpc) is 2.90. The molecule has 2 unspecified atom stereocenters. The Balaban J connectivity index is 1.38. The van der Waals surface area contributed by atoms with Crippen LogP contribution >= 0.6 is 0 Å². The Morgan fingerprint density at radius 2 is 1.74 bits per heavy atom. The molecule has 1 aliphatic carbocycles. The lowest BCUT2D eigenvalue weighted by Gasteiger charge is -2.44. The van der Waals surface area contributed by atoms with Crippen LogP contribution in [0.1, 0.15) is 36.8 Å². The van der Waals surface area contributed by atoms with Gasteiger partial charge in [0.1, 0.15) is 0 Å². The van der Waals surface area contributed by atoms with Crippen molar-refractivity contribution in [2.24, 2.45) is 16.9 Å². The van der Waals surface area contributed by atoms with Crippen LogP contribution in [0.5, 0.6) is 11.5 Å². The van der Waals surface area contributed by atoms with E-state index in [1.54, 1.807) is 25.5 Å². The zero-order valence-corrected chi connectivity index (χ0v) is 20.0. The number of rotatable bonds is 6. The number of hydrogen-bond acceptors (Lipinski definition) is 7. The van der Waals surface area contributed by atoms with Gasteiger partial charge in [-0.1, -0.05) is 18.9 Å². The van der Waals surface area contributed by atoms with E-state index in [9.17, 15) is 4.79 Å². The van der Waals surface area contributed by atoms with E-state index in [1.165, 1.54) is 5.56 Å². The van der Waals surface area contributed by atoms with E-state index in [4.69, 9.17) is 14.6 Å². The summed E-state index contributed by atoms with van der Waals surface area (Å²) in [5.41, 5.74) is 3.20. The number of ether oxygens (including phenoxy) is 2. The van der Waals surface area contributed by atoms with Gasteiger partial charge in [0.15, 0.2) is 11.5 Å². The summed E-state index contributed by atoms with van der Waals surface area (Å²) in [4.78, 5) is 20.2. The summed E-state index contributed by atoms with van der Waals surface area (Å²) in [5, 5.41) is 8.78. The molecular weight excluding hydrogens is 430 g/mol. The van der Waals surface area contributed by atoms with Gasteiger partial charge in [-0.05, 0) is 42.7 Å². The van der Waals surface area contributed by atoms with E-state index in [0.717, 1.165) is 69.7 Å². The number of carbonyl (C=O) groups excluding carboxylic acids is 1. The van der Waals surface area contributed by atoms with Gasteiger partial charge < -0.3 is 9.47 Å². The van der Waals surface area contributed by atoms with Crippen molar-refractivity contribution < 1.29 is 14.3 Å². The van der Waals surface area contributed by atoms with E-state index >= 15 is 0 Å². The quantitative estimate of drug-likeness (QED) is 0.655. The Labute approximate surface area is 201 Å². The van der Waals surface area contributed by atoms with Crippen molar-refractivity contribution in [3.05, 3.63) is 53.9 Å². The highest BCUT2D eigenvalue weighted by Gasteiger charge is 2.43. The molecule has 1 aromatic heterocycles. The Hall–Kier alpha value is -2.97. The molecule has 1 aromatic carbocycles. The highest BCUT2D eigenvalue weighted by molar-refractivity contribution is 6.07. The van der Waals surface area contributed by atoms with E-state index in [-0.39, 0.29) is 17.7 Å². The van der Waals surface area contributed by atoms with Crippen LogP contribution in [-0.4, -0.2) is 72.0 Å². The van der Waals surface area contributed by atoms with Crippen LogP contribution < -0.4 is 9.47 Å². The minimum absolute atomic E-state index is 0.0113. The zero-order valence-electron chi connectivity index (χ0n) is 20.0. The highest BCUT2D eigenvalue weighted by atomic mass is 16.5. The average molecular weight is 464 g/mol. The first-order valence-electron chi connectivity index (χ1n) is 12.2. The lowest BCUT2D eigenvalue weighted by molar-refractivity contribution is -0.162. The molecule has 3 heterocycles. The normalized spacial score (nSPS) is 23.9. The van der Waals surface area contributed by atoms with Gasteiger partial charge in [0.2, 0.25) is 0 Å². The predicted octanol–water partition coefficient (Wildman–Crippen LogP) is 3.18. The van der Waals surface area contributed by atoms with Crippen LogP contribution in [0.4, 0.5) is 0 Å². The Morgan fingerprint density at radius 3 is 2.44 bits per heavy atom. The molecule has 0 spiro atoms. The fraction of sp³-hybridized carbons (Fsp3) is 0.500. The van der Waals surface area contributed by atoms with Crippen LogP contribution in [0, 0.1) is 11.8 Å². The maximum absolute atomic E-state index is 13.5. The van der Waals surface area contributed by atoms with Crippen molar-refractivity contribution in [3.63, 3.8) is 0 Å². The number of amides is 1. The van der Waals surface area contributed by atoms with E-state index in [1.807, 2.05) is 30.5 Å². The Morgan fingerprint density at radius 1 is 0.971 bits per heavy atom. The molecule has 1 saturated carbocycles. The third-order valence-corrected chi connectivity index (χ3v) is 7.26. The van der Waals surface area contributed by atoms with Gasteiger partial charge in [-0.2, -0.15) is 15.2 Å². The molecule has 5 rings (SSSR count). The fourth-order valence-corrected chi connectivity index (χ4v) is 5.43. The molecule has 0 bridgehead atoms. The summed E-state index contributed by atoms with van der Waals surface area (Å²) in [6.07, 6.45) is 7.87. The molecule has 8 heteroatoms. The number of piperazine rings is 1. The molecule has 180 valence electrons. The molecule has 0 N–H and O–H groups in total. The fourth-order valence-electron chi connectivity index (χ4n) is 5.43. The zero-order chi connectivity index (χ0) is 23.5. The topological polar surface area (TPSA) is 70.5 Å². The lowest BCUT2D eigenvalue weighted by atomic mass is 9.73. The number of aromatic nitrogens is 1. The van der Waals surface area contributed by atoms with Gasteiger partial charge in [-0.25, -0.2) is 0 Å². The predicted molar refractivity (Wildman–Crippen MR) is 129 cm³/mol. The van der Waals surface area contributed by atoms with Crippen molar-refractivity contribution in [3.8, 4) is 11.5 Å². The molecule has 1 amide bonds. The van der Waals surface area contributed by atoms with Crippen LogP contribution in [0.3, 0.4) is 0 Å². The highest BCUT2D eigenvalue weighted by Crippen LogP contribution is 2.39. The summed E-state index contributed by atoms with van der Waals surface area (Å²) in [6.45, 7) is 4.18. The van der Waals surface area contributed by atoms with Gasteiger partial charge in [0.05, 0.1) is 19.9 Å². The number of benzene rings is 1. The summed E-state index contributed by atoms with van der Waals surface area (Å²) in [7, 11) is 3.29. The summed E-state index contributed by atoms with van der Waals surface area (Å²) < 4.78 is 11.0. The second-order valence-corrected chi connectivity index (χ2v) is 9.27. The van der Waals surface area contributed by atoms with Crippen LogP contribution in [0.2, 0.25) is 0 Å². The molecule has 1 saturated heterocycles. The number of hydrazine groups is 1. The number of hydrazone groups is 1. The number of hydrogen-bond donors (Lipinski definition) is 0. The summed E-state index contributed by atoms with van der Waals surface area (Å²) >= 11 is 0. The summed E-state index contributed by atoms with van der Waals surface area (Å²) in [5.74, 6) is 1.67. The van der Waals surface area contributed by atoms with Crippen molar-refractivity contribution in [2.45, 2.75) is 32.2 Å². The summed E-state index contributed by atoms with van der Waals surface area (Å²) in [6, 6.07) is 10.0. The molecule has 2 aliphatic heterocycles. The van der Waals surface area contributed by atoms with Crippen molar-refractivity contribution in [1.82, 2.24) is 20.0 Å². The van der Waals surface area contributed by atoms with Crippen molar-refractivity contribution in [1.29, 1.82) is 0 Å². The maximum Gasteiger partial charge on any atom is 0.261 e. The number of methoxy groups -OCH3 is 2. The second kappa shape index (κ2) is 10.1. The van der Waals surface area contributed by atoms with Gasteiger partial charge in [-0.3, -0.25) is 14.7 Å².